The highest BCUT2D eigenvalue weighted by atomic mass is 35.5. The molecule has 1 saturated heterocycles. The maximum Gasteiger partial charge on any atom is 0.335 e. The van der Waals surface area contributed by atoms with Gasteiger partial charge in [-0.2, -0.15) is 0 Å². The van der Waals surface area contributed by atoms with E-state index in [-0.39, 0.29) is 79.9 Å². The van der Waals surface area contributed by atoms with Crippen LogP contribution in [0.4, 0.5) is 13.2 Å². The first-order valence-electron chi connectivity index (χ1n) is 9.95. The van der Waals surface area contributed by atoms with Gasteiger partial charge in [0.15, 0.2) is 11.6 Å². The molecular formula is C22H23ClF3N3O4. The van der Waals surface area contributed by atoms with E-state index in [1.165, 1.54) is 34.1 Å². The van der Waals surface area contributed by atoms with Crippen molar-refractivity contribution in [2.24, 2.45) is 5.73 Å². The third kappa shape index (κ3) is 6.45. The van der Waals surface area contributed by atoms with Gasteiger partial charge in [0.2, 0.25) is 5.91 Å². The van der Waals surface area contributed by atoms with E-state index in [1.807, 2.05) is 0 Å². The number of nitrogens with zero attached hydrogens (tertiary/aromatic N) is 2. The monoisotopic (exact) mass is 485 g/mol. The van der Waals surface area contributed by atoms with Gasteiger partial charge in [-0.1, -0.05) is 6.07 Å². The van der Waals surface area contributed by atoms with E-state index in [0.717, 1.165) is 6.07 Å². The predicted molar refractivity (Wildman–Crippen MR) is 116 cm³/mol. The minimum Gasteiger partial charge on any atom is -0.478 e. The van der Waals surface area contributed by atoms with Crippen molar-refractivity contribution < 1.29 is 32.7 Å². The molecule has 11 heteroatoms. The van der Waals surface area contributed by atoms with E-state index in [4.69, 9.17) is 10.8 Å². The Morgan fingerprint density at radius 2 is 1.48 bits per heavy atom. The SMILES string of the molecule is Cl.N[C@@H](CC(=O)N1CCN(C(=O)c2cccc(C(=O)O)c2)CC1)Cc1cc(F)c(F)cc1F. The van der Waals surface area contributed by atoms with Crippen molar-refractivity contribution in [1.29, 1.82) is 0 Å². The van der Waals surface area contributed by atoms with Crippen LogP contribution in [0.15, 0.2) is 36.4 Å². The summed E-state index contributed by atoms with van der Waals surface area (Å²) in [4.78, 5) is 39.3. The van der Waals surface area contributed by atoms with E-state index in [2.05, 4.69) is 0 Å². The van der Waals surface area contributed by atoms with Crippen LogP contribution < -0.4 is 5.73 Å². The molecule has 2 amide bonds. The largest absolute Gasteiger partial charge is 0.478 e. The molecule has 0 bridgehead atoms. The molecule has 33 heavy (non-hydrogen) atoms. The number of hydrogen-bond donors (Lipinski definition) is 2. The van der Waals surface area contributed by atoms with Crippen molar-refractivity contribution in [2.45, 2.75) is 18.9 Å². The Balaban J connectivity index is 0.00000385. The summed E-state index contributed by atoms with van der Waals surface area (Å²) in [5.41, 5.74) is 6.07. The van der Waals surface area contributed by atoms with Crippen LogP contribution in [0.2, 0.25) is 0 Å². The van der Waals surface area contributed by atoms with E-state index in [0.29, 0.717) is 6.07 Å². The van der Waals surface area contributed by atoms with Crippen molar-refractivity contribution in [1.82, 2.24) is 9.80 Å². The summed E-state index contributed by atoms with van der Waals surface area (Å²) in [6.07, 6.45) is -0.250. The van der Waals surface area contributed by atoms with Crippen LogP contribution in [0.5, 0.6) is 0 Å². The number of rotatable bonds is 6. The topological polar surface area (TPSA) is 104 Å². The van der Waals surface area contributed by atoms with Crippen LogP contribution in [0.3, 0.4) is 0 Å². The van der Waals surface area contributed by atoms with Gasteiger partial charge in [0, 0.05) is 50.3 Å². The molecule has 3 N–H and O–H groups in total. The number of carboxylic acids is 1. The van der Waals surface area contributed by atoms with E-state index in [1.54, 1.807) is 0 Å². The van der Waals surface area contributed by atoms with Crippen molar-refractivity contribution in [3.63, 3.8) is 0 Å². The van der Waals surface area contributed by atoms with Gasteiger partial charge in [-0.15, -0.1) is 12.4 Å². The molecule has 1 fully saturated rings. The quantitative estimate of drug-likeness (QED) is 0.612. The molecule has 0 unspecified atom stereocenters. The smallest absolute Gasteiger partial charge is 0.335 e. The second-order valence-electron chi connectivity index (χ2n) is 7.58. The van der Waals surface area contributed by atoms with E-state index >= 15 is 0 Å². The zero-order valence-corrected chi connectivity index (χ0v) is 18.3. The van der Waals surface area contributed by atoms with Gasteiger partial charge in [0.1, 0.15) is 5.82 Å². The fourth-order valence-corrected chi connectivity index (χ4v) is 3.55. The number of aromatic carboxylic acids is 1. The predicted octanol–water partition coefficient (Wildman–Crippen LogP) is 2.47. The molecule has 0 radical (unpaired) electrons. The molecule has 0 aliphatic carbocycles. The number of benzene rings is 2. The van der Waals surface area contributed by atoms with Gasteiger partial charge in [0.25, 0.3) is 5.91 Å². The minimum absolute atomic E-state index is 0. The first kappa shape index (κ1) is 26.1. The maximum atomic E-state index is 13.8. The summed E-state index contributed by atoms with van der Waals surface area (Å²) in [7, 11) is 0. The highest BCUT2D eigenvalue weighted by Crippen LogP contribution is 2.17. The molecule has 1 aliphatic heterocycles. The Hall–Kier alpha value is -3.11. The number of nitrogens with two attached hydrogens (primary N) is 1. The van der Waals surface area contributed by atoms with Crippen LogP contribution in [0, 0.1) is 17.5 Å². The molecule has 7 nitrogen and oxygen atoms in total. The first-order valence-corrected chi connectivity index (χ1v) is 9.95. The lowest BCUT2D eigenvalue weighted by Gasteiger charge is -2.35. The van der Waals surface area contributed by atoms with E-state index in [9.17, 15) is 27.6 Å². The van der Waals surface area contributed by atoms with E-state index < -0.39 is 29.5 Å². The van der Waals surface area contributed by atoms with Gasteiger partial charge in [-0.05, 0) is 36.2 Å². The summed E-state index contributed by atoms with van der Waals surface area (Å²) in [6, 6.07) is 6.11. The Morgan fingerprint density at radius 1 is 0.909 bits per heavy atom. The average Bonchev–Trinajstić information content (AvgIpc) is 2.77. The maximum absolute atomic E-state index is 13.8. The number of piperazine rings is 1. The zero-order valence-electron chi connectivity index (χ0n) is 17.5. The highest BCUT2D eigenvalue weighted by molar-refractivity contribution is 5.97. The standard InChI is InChI=1S/C22H22F3N3O4.ClH/c23-17-12-19(25)18(24)10-15(17)9-16(26)11-20(29)27-4-6-28(7-5-27)21(30)13-2-1-3-14(8-13)22(31)32;/h1-3,8,10,12,16H,4-7,9,11,26H2,(H,31,32);1H/t16-;/m1./s1. The fourth-order valence-electron chi connectivity index (χ4n) is 3.55. The van der Waals surface area contributed by atoms with Crippen LogP contribution in [0.25, 0.3) is 0 Å². The Kier molecular flexibility index (Phi) is 8.84. The van der Waals surface area contributed by atoms with Crippen LogP contribution >= 0.6 is 12.4 Å². The highest BCUT2D eigenvalue weighted by Gasteiger charge is 2.26. The minimum atomic E-state index is -1.29. The summed E-state index contributed by atoms with van der Waals surface area (Å²) in [6.45, 7) is 1.04. The van der Waals surface area contributed by atoms with Gasteiger partial charge in [0.05, 0.1) is 5.56 Å². The van der Waals surface area contributed by atoms with Gasteiger partial charge < -0.3 is 20.6 Å². The number of amides is 2. The van der Waals surface area contributed by atoms with Gasteiger partial charge in [-0.3, -0.25) is 9.59 Å². The molecule has 1 heterocycles. The summed E-state index contributed by atoms with van der Waals surface area (Å²) in [5.74, 6) is -5.15. The lowest BCUT2D eigenvalue weighted by Crippen LogP contribution is -2.51. The average molecular weight is 486 g/mol. The third-order valence-corrected chi connectivity index (χ3v) is 5.28. The van der Waals surface area contributed by atoms with Crippen molar-refractivity contribution in [3.8, 4) is 0 Å². The van der Waals surface area contributed by atoms with Gasteiger partial charge >= 0.3 is 5.97 Å². The summed E-state index contributed by atoms with van der Waals surface area (Å²) in [5, 5.41) is 9.07. The summed E-state index contributed by atoms with van der Waals surface area (Å²) >= 11 is 0. The molecule has 1 aliphatic rings. The Labute approximate surface area is 194 Å². The molecule has 1 atom stereocenters. The Bertz CT molecular complexity index is 1050. The first-order chi connectivity index (χ1) is 15.2. The molecule has 0 aromatic heterocycles. The number of carboxylic acid groups (broad SMARTS) is 1. The van der Waals surface area contributed by atoms with Crippen molar-refractivity contribution >= 4 is 30.2 Å². The zero-order chi connectivity index (χ0) is 23.4. The summed E-state index contributed by atoms with van der Waals surface area (Å²) < 4.78 is 40.2. The second-order valence-corrected chi connectivity index (χ2v) is 7.58. The molecular weight excluding hydrogens is 463 g/mol. The lowest BCUT2D eigenvalue weighted by molar-refractivity contribution is -0.133. The lowest BCUT2D eigenvalue weighted by atomic mass is 10.0. The normalized spacial score (nSPS) is 14.4. The van der Waals surface area contributed by atoms with Crippen molar-refractivity contribution in [3.05, 3.63) is 70.5 Å². The number of carbonyl (C=O) groups is 3. The molecule has 178 valence electrons. The molecule has 2 aromatic carbocycles. The molecule has 0 saturated carbocycles. The van der Waals surface area contributed by atoms with Crippen LogP contribution in [0.1, 0.15) is 32.7 Å². The Morgan fingerprint density at radius 3 is 2.12 bits per heavy atom. The number of carbonyl (C=O) groups excluding carboxylic acids is 2. The molecule has 0 spiro atoms. The number of halogens is 4. The fraction of sp³-hybridized carbons (Fsp3) is 0.318. The molecule has 3 rings (SSSR count). The second kappa shape index (κ2) is 11.2. The third-order valence-electron chi connectivity index (χ3n) is 5.28. The van der Waals surface area contributed by atoms with Gasteiger partial charge in [-0.25, -0.2) is 18.0 Å². The van der Waals surface area contributed by atoms with Crippen LogP contribution in [-0.2, 0) is 11.2 Å². The van der Waals surface area contributed by atoms with Crippen molar-refractivity contribution in [2.75, 3.05) is 26.2 Å². The number of hydrogen-bond acceptors (Lipinski definition) is 4. The van der Waals surface area contributed by atoms with Crippen LogP contribution in [-0.4, -0.2) is 64.9 Å². The molecule has 2 aromatic rings.